The molecule has 1 unspecified atom stereocenters. The molecule has 0 bridgehead atoms. The minimum Gasteiger partial charge on any atom is -0.382 e. The van der Waals surface area contributed by atoms with Crippen LogP contribution in [0.2, 0.25) is 0 Å². The predicted octanol–water partition coefficient (Wildman–Crippen LogP) is 4.38. The summed E-state index contributed by atoms with van der Waals surface area (Å²) in [6.45, 7) is 6.60. The van der Waals surface area contributed by atoms with Crippen molar-refractivity contribution in [1.29, 1.82) is 0 Å². The van der Waals surface area contributed by atoms with Crippen molar-refractivity contribution in [2.75, 3.05) is 17.6 Å². The molecule has 1 fully saturated rings. The highest BCUT2D eigenvalue weighted by molar-refractivity contribution is 6.04. The zero-order valence-electron chi connectivity index (χ0n) is 21.3. The highest BCUT2D eigenvalue weighted by Gasteiger charge is 2.33. The molecule has 0 aliphatic carbocycles. The molecule has 2 amide bonds. The van der Waals surface area contributed by atoms with Gasteiger partial charge in [0.25, 0.3) is 5.91 Å². The van der Waals surface area contributed by atoms with Crippen LogP contribution in [0, 0.1) is 5.92 Å². The van der Waals surface area contributed by atoms with Gasteiger partial charge in [0.2, 0.25) is 5.91 Å². The van der Waals surface area contributed by atoms with Gasteiger partial charge in [-0.3, -0.25) is 14.0 Å². The molecule has 1 aliphatic heterocycles. The lowest BCUT2D eigenvalue weighted by Crippen LogP contribution is -2.46. The van der Waals surface area contributed by atoms with Crippen molar-refractivity contribution in [3.8, 4) is 11.3 Å². The van der Waals surface area contributed by atoms with Gasteiger partial charge in [-0.05, 0) is 44.0 Å². The third kappa shape index (κ3) is 4.76. The molecule has 1 aromatic carbocycles. The number of hydrogen-bond acceptors (Lipinski definition) is 6. The Morgan fingerprint density at radius 2 is 1.84 bits per heavy atom. The highest BCUT2D eigenvalue weighted by atomic mass is 16.2. The van der Waals surface area contributed by atoms with Gasteiger partial charge in [0.1, 0.15) is 28.7 Å². The minimum absolute atomic E-state index is 0.0537. The van der Waals surface area contributed by atoms with Gasteiger partial charge in [-0.2, -0.15) is 0 Å². The summed E-state index contributed by atoms with van der Waals surface area (Å²) in [5.74, 6) is 1.68. The lowest BCUT2D eigenvalue weighted by atomic mass is 9.91. The second-order valence-corrected chi connectivity index (χ2v) is 9.86. The van der Waals surface area contributed by atoms with Gasteiger partial charge in [0, 0.05) is 54.1 Å². The summed E-state index contributed by atoms with van der Waals surface area (Å²) in [7, 11) is 0. The number of likely N-dealkylation sites (tertiary alicyclic amines) is 1. The van der Waals surface area contributed by atoms with Crippen LogP contribution in [0.1, 0.15) is 55.7 Å². The summed E-state index contributed by atoms with van der Waals surface area (Å²) in [6, 6.07) is 12.8. The number of rotatable bonds is 5. The lowest BCUT2D eigenvalue weighted by Gasteiger charge is -2.38. The van der Waals surface area contributed by atoms with E-state index in [1.807, 2.05) is 47.5 Å². The van der Waals surface area contributed by atoms with Crippen molar-refractivity contribution >= 4 is 29.0 Å². The number of benzene rings is 1. The van der Waals surface area contributed by atoms with Crippen LogP contribution in [0.3, 0.4) is 0 Å². The van der Waals surface area contributed by atoms with E-state index in [-0.39, 0.29) is 29.7 Å². The molecule has 37 heavy (non-hydrogen) atoms. The number of amides is 2. The summed E-state index contributed by atoms with van der Waals surface area (Å²) in [5.41, 5.74) is 9.10. The van der Waals surface area contributed by atoms with Crippen LogP contribution in [-0.4, -0.2) is 48.7 Å². The van der Waals surface area contributed by atoms with Gasteiger partial charge in [-0.25, -0.2) is 15.0 Å². The zero-order chi connectivity index (χ0) is 26.1. The van der Waals surface area contributed by atoms with E-state index in [9.17, 15) is 9.59 Å². The second kappa shape index (κ2) is 10.0. The third-order valence-corrected chi connectivity index (χ3v) is 6.96. The number of nitrogen functional groups attached to an aromatic ring is 1. The van der Waals surface area contributed by atoms with E-state index in [2.05, 4.69) is 22.2 Å². The quantitative estimate of drug-likeness (QED) is 0.423. The highest BCUT2D eigenvalue weighted by Crippen LogP contribution is 2.35. The molecule has 0 spiro atoms. The van der Waals surface area contributed by atoms with Gasteiger partial charge >= 0.3 is 0 Å². The van der Waals surface area contributed by atoms with E-state index in [0.29, 0.717) is 29.4 Å². The Hall–Kier alpha value is -4.27. The average Bonchev–Trinajstić information content (AvgIpc) is 3.30. The van der Waals surface area contributed by atoms with Crippen LogP contribution in [0.25, 0.3) is 16.8 Å². The molecule has 9 nitrogen and oxygen atoms in total. The Labute approximate surface area is 215 Å². The van der Waals surface area contributed by atoms with E-state index in [4.69, 9.17) is 10.7 Å². The van der Waals surface area contributed by atoms with E-state index >= 15 is 0 Å². The topological polar surface area (TPSA) is 119 Å². The fourth-order valence-electron chi connectivity index (χ4n) is 4.94. The molecule has 0 radical (unpaired) electrons. The number of anilines is 2. The predicted molar refractivity (Wildman–Crippen MR) is 143 cm³/mol. The summed E-state index contributed by atoms with van der Waals surface area (Å²) >= 11 is 0. The lowest BCUT2D eigenvalue weighted by molar-refractivity contribution is -0.138. The average molecular weight is 498 g/mol. The van der Waals surface area contributed by atoms with Crippen LogP contribution in [0.4, 0.5) is 11.6 Å². The van der Waals surface area contributed by atoms with Crippen LogP contribution < -0.4 is 11.1 Å². The zero-order valence-corrected chi connectivity index (χ0v) is 21.3. The van der Waals surface area contributed by atoms with E-state index in [1.54, 1.807) is 36.7 Å². The van der Waals surface area contributed by atoms with Gasteiger partial charge in [-0.15, -0.1) is 0 Å². The molecule has 0 saturated carbocycles. The van der Waals surface area contributed by atoms with Gasteiger partial charge < -0.3 is 16.0 Å². The van der Waals surface area contributed by atoms with Crippen molar-refractivity contribution in [1.82, 2.24) is 24.3 Å². The molecular weight excluding hydrogens is 466 g/mol. The number of pyridine rings is 1. The van der Waals surface area contributed by atoms with Gasteiger partial charge in [0.15, 0.2) is 0 Å². The number of carbonyl (C=O) groups is 2. The summed E-state index contributed by atoms with van der Waals surface area (Å²) in [5, 5.41) is 2.80. The van der Waals surface area contributed by atoms with Crippen LogP contribution in [0.15, 0.2) is 61.1 Å². The molecule has 4 heterocycles. The molecule has 3 aromatic heterocycles. The number of piperidine rings is 1. The minimum atomic E-state index is -0.243. The molecule has 1 saturated heterocycles. The summed E-state index contributed by atoms with van der Waals surface area (Å²) in [4.78, 5) is 41.0. The molecule has 5 rings (SSSR count). The summed E-state index contributed by atoms with van der Waals surface area (Å²) in [6.07, 6.45) is 7.01. The van der Waals surface area contributed by atoms with Crippen molar-refractivity contribution in [2.24, 2.45) is 5.92 Å². The van der Waals surface area contributed by atoms with E-state index < -0.39 is 0 Å². The van der Waals surface area contributed by atoms with Gasteiger partial charge in [0.05, 0.1) is 0 Å². The monoisotopic (exact) mass is 497 g/mol. The Morgan fingerprint density at radius 1 is 1.05 bits per heavy atom. The van der Waals surface area contributed by atoms with Gasteiger partial charge in [-0.1, -0.05) is 32.0 Å². The fourth-order valence-corrected chi connectivity index (χ4v) is 4.94. The van der Waals surface area contributed by atoms with E-state index in [1.165, 1.54) is 0 Å². The maximum absolute atomic E-state index is 12.9. The van der Waals surface area contributed by atoms with Crippen LogP contribution in [-0.2, 0) is 4.79 Å². The number of imidazole rings is 1. The number of carbonyl (C=O) groups excluding carboxylic acids is 2. The van der Waals surface area contributed by atoms with Crippen molar-refractivity contribution in [3.05, 3.63) is 72.4 Å². The number of hydrogen-bond donors (Lipinski definition) is 2. The van der Waals surface area contributed by atoms with E-state index in [0.717, 1.165) is 29.7 Å². The Balaban J connectivity index is 1.47. The third-order valence-electron chi connectivity index (χ3n) is 6.96. The Bertz CT molecular complexity index is 1430. The fraction of sp³-hybridized carbons (Fsp3) is 0.321. The molecule has 1 aliphatic rings. The molecule has 9 heteroatoms. The largest absolute Gasteiger partial charge is 0.382 e. The second-order valence-electron chi connectivity index (χ2n) is 9.86. The molecular formula is C28H31N7O2. The molecule has 190 valence electrons. The van der Waals surface area contributed by atoms with Crippen molar-refractivity contribution < 1.29 is 9.59 Å². The smallest absolute Gasteiger partial charge is 0.256 e. The SMILES string of the molecule is CC(C)C(=O)N1C[C@H](c2nc(-c3ccc(C(=O)Nc4ccccn4)cc3)c3c(N)nccn23)CCC1C. The molecule has 4 aromatic rings. The number of aromatic nitrogens is 4. The van der Waals surface area contributed by atoms with Crippen LogP contribution in [0.5, 0.6) is 0 Å². The first-order valence-electron chi connectivity index (χ1n) is 12.6. The number of nitrogens with two attached hydrogens (primary N) is 1. The van der Waals surface area contributed by atoms with Crippen molar-refractivity contribution in [3.63, 3.8) is 0 Å². The molecule has 3 N–H and O–H groups in total. The first-order valence-corrected chi connectivity index (χ1v) is 12.6. The number of nitrogens with one attached hydrogen (secondary N) is 1. The van der Waals surface area contributed by atoms with Crippen LogP contribution >= 0.6 is 0 Å². The normalized spacial score (nSPS) is 17.8. The first kappa shape index (κ1) is 24.4. The molecule has 2 atom stereocenters. The standard InChI is InChI=1S/C28H31N7O2/c1-17(2)28(37)35-16-21(8-7-18(35)3)26-33-23(24-25(29)31-14-15-34(24)26)19-9-11-20(12-10-19)27(36)32-22-6-4-5-13-30-22/h4-6,9-15,17-18,21H,7-8,16H2,1-3H3,(H2,29,31)(H,30,32,36)/t18?,21-/m1/s1. The summed E-state index contributed by atoms with van der Waals surface area (Å²) < 4.78 is 2.00. The number of nitrogens with zero attached hydrogens (tertiary/aromatic N) is 5. The number of fused-ring (bicyclic) bond motifs is 1. The Morgan fingerprint density at radius 3 is 2.54 bits per heavy atom. The first-order chi connectivity index (χ1) is 17.8. The maximum atomic E-state index is 12.9. The Kier molecular flexibility index (Phi) is 6.60. The maximum Gasteiger partial charge on any atom is 0.256 e. The van der Waals surface area contributed by atoms with Crippen molar-refractivity contribution in [2.45, 2.75) is 45.6 Å².